The Kier molecular flexibility index (Phi) is 4.16. The van der Waals surface area contributed by atoms with Crippen LogP contribution in [0.25, 0.3) is 0 Å². The highest BCUT2D eigenvalue weighted by molar-refractivity contribution is 7.93. The molecule has 0 radical (unpaired) electrons. The van der Waals surface area contributed by atoms with Gasteiger partial charge >= 0.3 is 6.09 Å². The van der Waals surface area contributed by atoms with Crippen molar-refractivity contribution in [3.8, 4) is 0 Å². The number of nitrogens with two attached hydrogens (primary N) is 1. The maximum atomic E-state index is 12.0. The predicted octanol–water partition coefficient (Wildman–Crippen LogP) is 0.544. The number of halogens is 1. The van der Waals surface area contributed by atoms with E-state index in [0.717, 1.165) is 0 Å². The first-order valence-corrected chi connectivity index (χ1v) is 7.68. The number of amides is 1. The van der Waals surface area contributed by atoms with E-state index in [0.29, 0.717) is 6.42 Å². The minimum absolute atomic E-state index is 0. The van der Waals surface area contributed by atoms with E-state index in [9.17, 15) is 13.2 Å². The van der Waals surface area contributed by atoms with Gasteiger partial charge in [0.05, 0.1) is 5.75 Å². The molecule has 0 aromatic rings. The number of carbonyl (C=O) groups is 1. The van der Waals surface area contributed by atoms with E-state index in [1.165, 1.54) is 4.90 Å². The third kappa shape index (κ3) is 2.68. The summed E-state index contributed by atoms with van der Waals surface area (Å²) < 4.78 is 28.2. The van der Waals surface area contributed by atoms with E-state index in [4.69, 9.17) is 10.5 Å². The van der Waals surface area contributed by atoms with Gasteiger partial charge in [-0.05, 0) is 27.2 Å². The molecule has 19 heavy (non-hydrogen) atoms. The number of carbonyl (C=O) groups excluding carboxylic acids is 1. The van der Waals surface area contributed by atoms with Gasteiger partial charge in [-0.25, -0.2) is 13.2 Å². The van der Waals surface area contributed by atoms with E-state index in [-0.39, 0.29) is 37.3 Å². The van der Waals surface area contributed by atoms with Gasteiger partial charge in [-0.1, -0.05) is 0 Å². The summed E-state index contributed by atoms with van der Waals surface area (Å²) in [5.41, 5.74) is 5.31. The Labute approximate surface area is 120 Å². The quantitative estimate of drug-likeness (QED) is 0.705. The molecule has 2 saturated heterocycles. The molecule has 0 aromatic carbocycles. The van der Waals surface area contributed by atoms with E-state index in [1.54, 1.807) is 20.8 Å². The maximum Gasteiger partial charge on any atom is 0.410 e. The van der Waals surface area contributed by atoms with E-state index < -0.39 is 26.3 Å². The van der Waals surface area contributed by atoms with Gasteiger partial charge in [-0.2, -0.15) is 0 Å². The van der Waals surface area contributed by atoms with Crippen molar-refractivity contribution in [2.45, 2.75) is 43.6 Å². The highest BCUT2D eigenvalue weighted by Crippen LogP contribution is 2.39. The average Bonchev–Trinajstić information content (AvgIpc) is 2.31. The van der Waals surface area contributed by atoms with Crippen LogP contribution < -0.4 is 5.73 Å². The van der Waals surface area contributed by atoms with Gasteiger partial charge in [-0.15, -0.1) is 12.4 Å². The van der Waals surface area contributed by atoms with Crippen molar-refractivity contribution in [2.75, 3.05) is 18.8 Å². The molecule has 1 spiro atoms. The van der Waals surface area contributed by atoms with Gasteiger partial charge in [0.25, 0.3) is 0 Å². The average molecular weight is 313 g/mol. The first-order chi connectivity index (χ1) is 8.07. The number of ether oxygens (including phenoxy) is 1. The lowest BCUT2D eigenvalue weighted by molar-refractivity contribution is 0.00179. The number of likely N-dealkylation sites (tertiary alicyclic amines) is 1. The number of sulfone groups is 1. The molecule has 2 rings (SSSR count). The Morgan fingerprint density at radius 2 is 1.89 bits per heavy atom. The lowest BCUT2D eigenvalue weighted by Gasteiger charge is -2.48. The van der Waals surface area contributed by atoms with Crippen molar-refractivity contribution in [1.82, 2.24) is 4.90 Å². The van der Waals surface area contributed by atoms with Crippen LogP contribution in [0.3, 0.4) is 0 Å². The van der Waals surface area contributed by atoms with Crippen LogP contribution in [0.4, 0.5) is 4.79 Å². The summed E-state index contributed by atoms with van der Waals surface area (Å²) in [6, 6.07) is -0.374. The molecule has 1 amide bonds. The first-order valence-electron chi connectivity index (χ1n) is 6.03. The molecule has 0 saturated carbocycles. The zero-order chi connectivity index (χ0) is 13.8. The van der Waals surface area contributed by atoms with Gasteiger partial charge in [0, 0.05) is 19.1 Å². The molecule has 0 bridgehead atoms. The molecule has 2 aliphatic rings. The van der Waals surface area contributed by atoms with E-state index >= 15 is 0 Å². The topological polar surface area (TPSA) is 89.7 Å². The molecule has 1 atom stereocenters. The van der Waals surface area contributed by atoms with Crippen LogP contribution in [-0.2, 0) is 14.6 Å². The van der Waals surface area contributed by atoms with Gasteiger partial charge < -0.3 is 15.4 Å². The summed E-state index contributed by atoms with van der Waals surface area (Å²) in [5.74, 6) is 0.121. The lowest BCUT2D eigenvalue weighted by Crippen LogP contribution is -2.71. The molecule has 1 unspecified atom stereocenters. The summed E-state index contributed by atoms with van der Waals surface area (Å²) in [6.07, 6.45) is 0.00670. The SMILES string of the molecule is CC(C)(C)OC(=O)N1CC2(C1)C(N)CCS2(=O)=O.Cl. The summed E-state index contributed by atoms with van der Waals surface area (Å²) in [4.78, 5) is 13.2. The van der Waals surface area contributed by atoms with Gasteiger partial charge in [-0.3, -0.25) is 0 Å². The molecule has 2 heterocycles. The Hall–Kier alpha value is -0.530. The number of hydrogen-bond donors (Lipinski definition) is 1. The monoisotopic (exact) mass is 312 g/mol. The van der Waals surface area contributed by atoms with Gasteiger partial charge in [0.2, 0.25) is 0 Å². The fourth-order valence-corrected chi connectivity index (χ4v) is 4.72. The second-order valence-corrected chi connectivity index (χ2v) is 8.57. The Morgan fingerprint density at radius 1 is 1.37 bits per heavy atom. The van der Waals surface area contributed by atoms with Crippen molar-refractivity contribution in [3.05, 3.63) is 0 Å². The van der Waals surface area contributed by atoms with Crippen LogP contribution in [0.2, 0.25) is 0 Å². The fourth-order valence-electron chi connectivity index (χ4n) is 2.47. The molecule has 0 aliphatic carbocycles. The third-order valence-electron chi connectivity index (χ3n) is 3.56. The van der Waals surface area contributed by atoms with Crippen LogP contribution in [0, 0.1) is 0 Å². The minimum atomic E-state index is -3.18. The van der Waals surface area contributed by atoms with Crippen LogP contribution in [0.1, 0.15) is 27.2 Å². The molecule has 0 aromatic heterocycles. The number of hydrogen-bond acceptors (Lipinski definition) is 5. The van der Waals surface area contributed by atoms with Crippen molar-refractivity contribution in [1.29, 1.82) is 0 Å². The molecule has 8 heteroatoms. The van der Waals surface area contributed by atoms with Crippen LogP contribution in [0.5, 0.6) is 0 Å². The summed E-state index contributed by atoms with van der Waals surface area (Å²) >= 11 is 0. The number of rotatable bonds is 0. The summed E-state index contributed by atoms with van der Waals surface area (Å²) in [6.45, 7) is 5.65. The third-order valence-corrected chi connectivity index (χ3v) is 6.13. The molecule has 2 fully saturated rings. The zero-order valence-electron chi connectivity index (χ0n) is 11.4. The standard InChI is InChI=1S/C11H20N2O4S.ClH/c1-10(2,3)17-9(14)13-6-11(7-13)8(12)4-5-18(11,15)16;/h8H,4-7,12H2,1-3H3;1H. The van der Waals surface area contributed by atoms with E-state index in [1.807, 2.05) is 0 Å². The van der Waals surface area contributed by atoms with Crippen molar-refractivity contribution < 1.29 is 17.9 Å². The summed E-state index contributed by atoms with van der Waals surface area (Å²) in [5, 5.41) is 0. The second kappa shape index (κ2) is 4.79. The molecule has 2 N–H and O–H groups in total. The Balaban J connectivity index is 0.00000180. The van der Waals surface area contributed by atoms with Crippen molar-refractivity contribution >= 4 is 28.3 Å². The second-order valence-electron chi connectivity index (χ2n) is 6.12. The molecule has 2 aliphatic heterocycles. The molecular weight excluding hydrogens is 292 g/mol. The largest absolute Gasteiger partial charge is 0.444 e. The zero-order valence-corrected chi connectivity index (χ0v) is 13.0. The Morgan fingerprint density at radius 3 is 2.26 bits per heavy atom. The summed E-state index contributed by atoms with van der Waals surface area (Å²) in [7, 11) is -3.18. The molecule has 6 nitrogen and oxygen atoms in total. The van der Waals surface area contributed by atoms with Crippen molar-refractivity contribution in [2.24, 2.45) is 5.73 Å². The predicted molar refractivity (Wildman–Crippen MR) is 74.2 cm³/mol. The van der Waals surface area contributed by atoms with Gasteiger partial charge in [0.15, 0.2) is 9.84 Å². The normalized spacial score (nSPS) is 27.6. The van der Waals surface area contributed by atoms with Crippen molar-refractivity contribution in [3.63, 3.8) is 0 Å². The Bertz CT molecular complexity index is 466. The van der Waals surface area contributed by atoms with Crippen LogP contribution >= 0.6 is 12.4 Å². The lowest BCUT2D eigenvalue weighted by atomic mass is 9.90. The smallest absolute Gasteiger partial charge is 0.410 e. The molecular formula is C11H21ClN2O4S. The maximum absolute atomic E-state index is 12.0. The fraction of sp³-hybridized carbons (Fsp3) is 0.909. The highest BCUT2D eigenvalue weighted by Gasteiger charge is 2.62. The van der Waals surface area contributed by atoms with Crippen LogP contribution in [-0.4, -0.2) is 54.6 Å². The van der Waals surface area contributed by atoms with Gasteiger partial charge in [0.1, 0.15) is 10.3 Å². The number of nitrogens with zero attached hydrogens (tertiary/aromatic N) is 1. The van der Waals surface area contributed by atoms with E-state index in [2.05, 4.69) is 0 Å². The minimum Gasteiger partial charge on any atom is -0.444 e. The molecule has 112 valence electrons. The first kappa shape index (κ1) is 16.5. The van der Waals surface area contributed by atoms with Crippen LogP contribution in [0.15, 0.2) is 0 Å². The highest BCUT2D eigenvalue weighted by atomic mass is 35.5.